The van der Waals surface area contributed by atoms with Crippen LogP contribution in [0.3, 0.4) is 0 Å². The van der Waals surface area contributed by atoms with Gasteiger partial charge in [-0.25, -0.2) is 9.97 Å². The van der Waals surface area contributed by atoms with Crippen LogP contribution >= 0.6 is 11.3 Å². The smallest absolute Gasteiger partial charge is 0.271 e. The molecular formula is C9H11N5OS. The van der Waals surface area contributed by atoms with Crippen LogP contribution < -0.4 is 11.1 Å². The van der Waals surface area contributed by atoms with Crippen LogP contribution in [0.15, 0.2) is 17.8 Å². The topological polar surface area (TPSA) is 85.8 Å². The van der Waals surface area contributed by atoms with E-state index in [1.165, 1.54) is 11.3 Å². The van der Waals surface area contributed by atoms with Crippen molar-refractivity contribution in [3.8, 4) is 0 Å². The predicted octanol–water partition coefficient (Wildman–Crippen LogP) is 0.389. The summed E-state index contributed by atoms with van der Waals surface area (Å²) >= 11 is 1.24. The van der Waals surface area contributed by atoms with E-state index < -0.39 is 0 Å². The molecule has 0 unspecified atom stereocenters. The Balaban J connectivity index is 1.96. The third-order valence-corrected chi connectivity index (χ3v) is 2.76. The summed E-state index contributed by atoms with van der Waals surface area (Å²) in [6, 6.07) is 0. The number of nitrogens with one attached hydrogen (secondary N) is 1. The summed E-state index contributed by atoms with van der Waals surface area (Å²) in [4.78, 5) is 19.6. The summed E-state index contributed by atoms with van der Waals surface area (Å²) in [5.41, 5.74) is 5.79. The summed E-state index contributed by atoms with van der Waals surface area (Å²) in [6.45, 7) is 0.375. The molecule has 0 fully saturated rings. The van der Waals surface area contributed by atoms with Gasteiger partial charge in [0.25, 0.3) is 5.91 Å². The first-order valence-corrected chi connectivity index (χ1v) is 5.50. The van der Waals surface area contributed by atoms with Crippen LogP contribution in [-0.4, -0.2) is 20.4 Å². The molecule has 0 aromatic carbocycles. The fourth-order valence-electron chi connectivity index (χ4n) is 1.21. The van der Waals surface area contributed by atoms with Crippen molar-refractivity contribution >= 4 is 22.4 Å². The molecule has 6 nitrogen and oxygen atoms in total. The maximum absolute atomic E-state index is 11.6. The first-order valence-electron chi connectivity index (χ1n) is 4.62. The van der Waals surface area contributed by atoms with Gasteiger partial charge < -0.3 is 15.6 Å². The summed E-state index contributed by atoms with van der Waals surface area (Å²) in [5, 5.41) is 4.74. The minimum absolute atomic E-state index is 0.240. The lowest BCUT2D eigenvalue weighted by Gasteiger charge is -2.02. The zero-order chi connectivity index (χ0) is 11.5. The van der Waals surface area contributed by atoms with Gasteiger partial charge in [-0.2, -0.15) is 0 Å². The van der Waals surface area contributed by atoms with Crippen molar-refractivity contribution in [3.05, 3.63) is 29.3 Å². The zero-order valence-electron chi connectivity index (χ0n) is 8.67. The van der Waals surface area contributed by atoms with Crippen molar-refractivity contribution in [2.75, 3.05) is 5.73 Å². The Kier molecular flexibility index (Phi) is 2.86. The van der Waals surface area contributed by atoms with Gasteiger partial charge in [0, 0.05) is 24.8 Å². The molecule has 0 aliphatic heterocycles. The Labute approximate surface area is 96.1 Å². The first kappa shape index (κ1) is 10.6. The number of hydrogen-bond donors (Lipinski definition) is 2. The van der Waals surface area contributed by atoms with Gasteiger partial charge in [-0.05, 0) is 0 Å². The largest absolute Gasteiger partial charge is 0.375 e. The average molecular weight is 237 g/mol. The summed E-state index contributed by atoms with van der Waals surface area (Å²) in [7, 11) is 1.87. The lowest BCUT2D eigenvalue weighted by molar-refractivity contribution is 0.0945. The van der Waals surface area contributed by atoms with E-state index >= 15 is 0 Å². The van der Waals surface area contributed by atoms with E-state index in [9.17, 15) is 4.79 Å². The van der Waals surface area contributed by atoms with Crippen molar-refractivity contribution in [1.29, 1.82) is 0 Å². The Bertz CT molecular complexity index is 503. The quantitative estimate of drug-likeness (QED) is 0.808. The Hall–Kier alpha value is -1.89. The monoisotopic (exact) mass is 237 g/mol. The van der Waals surface area contributed by atoms with Crippen LogP contribution in [-0.2, 0) is 13.6 Å². The molecule has 0 radical (unpaired) electrons. The number of carbonyl (C=O) groups is 1. The second-order valence-electron chi connectivity index (χ2n) is 3.21. The maximum Gasteiger partial charge on any atom is 0.271 e. The van der Waals surface area contributed by atoms with Gasteiger partial charge >= 0.3 is 0 Å². The maximum atomic E-state index is 11.6. The van der Waals surface area contributed by atoms with E-state index in [1.54, 1.807) is 11.6 Å². The van der Waals surface area contributed by atoms with E-state index in [0.29, 0.717) is 17.4 Å². The highest BCUT2D eigenvalue weighted by atomic mass is 32.1. The molecule has 0 spiro atoms. The highest BCUT2D eigenvalue weighted by Gasteiger charge is 2.09. The van der Waals surface area contributed by atoms with Gasteiger partial charge in [-0.1, -0.05) is 0 Å². The Morgan fingerprint density at radius 2 is 2.50 bits per heavy atom. The van der Waals surface area contributed by atoms with E-state index in [0.717, 1.165) is 5.82 Å². The standard InChI is InChI=1S/C9H11N5OS/c1-14-3-2-11-7(14)4-12-8(15)6-5-16-9(10)13-6/h2-3,5H,4H2,1H3,(H2,10,13)(H,12,15). The minimum Gasteiger partial charge on any atom is -0.375 e. The van der Waals surface area contributed by atoms with Crippen molar-refractivity contribution in [2.24, 2.45) is 7.05 Å². The third kappa shape index (κ3) is 2.19. The molecule has 1 amide bonds. The minimum atomic E-state index is -0.240. The zero-order valence-corrected chi connectivity index (χ0v) is 9.49. The van der Waals surface area contributed by atoms with Crippen molar-refractivity contribution in [2.45, 2.75) is 6.54 Å². The number of thiazole rings is 1. The average Bonchev–Trinajstić information content (AvgIpc) is 2.84. The third-order valence-electron chi connectivity index (χ3n) is 2.08. The van der Waals surface area contributed by atoms with Gasteiger partial charge in [-0.15, -0.1) is 11.3 Å². The number of aryl methyl sites for hydroxylation is 1. The Morgan fingerprint density at radius 3 is 3.06 bits per heavy atom. The molecule has 2 heterocycles. The Morgan fingerprint density at radius 1 is 1.69 bits per heavy atom. The number of hydrogen-bond acceptors (Lipinski definition) is 5. The van der Waals surface area contributed by atoms with E-state index in [2.05, 4.69) is 15.3 Å². The van der Waals surface area contributed by atoms with Crippen molar-refractivity contribution < 1.29 is 4.79 Å². The molecule has 0 saturated carbocycles. The fraction of sp³-hybridized carbons (Fsp3) is 0.222. The first-order chi connectivity index (χ1) is 7.66. The van der Waals surface area contributed by atoms with E-state index in [-0.39, 0.29) is 5.91 Å². The van der Waals surface area contributed by atoms with Crippen LogP contribution in [0, 0.1) is 0 Å². The molecule has 84 valence electrons. The van der Waals surface area contributed by atoms with Crippen LogP contribution in [0.25, 0.3) is 0 Å². The SMILES string of the molecule is Cn1ccnc1CNC(=O)c1csc(N)n1. The number of nitrogen functional groups attached to an aromatic ring is 1. The molecule has 2 aromatic heterocycles. The lowest BCUT2D eigenvalue weighted by atomic mass is 10.4. The normalized spacial score (nSPS) is 10.3. The van der Waals surface area contributed by atoms with E-state index in [4.69, 9.17) is 5.73 Å². The van der Waals surface area contributed by atoms with Crippen LogP contribution in [0.4, 0.5) is 5.13 Å². The number of aromatic nitrogens is 3. The summed E-state index contributed by atoms with van der Waals surface area (Å²) in [5.74, 6) is 0.549. The molecule has 16 heavy (non-hydrogen) atoms. The van der Waals surface area contributed by atoms with Gasteiger partial charge in [-0.3, -0.25) is 4.79 Å². The van der Waals surface area contributed by atoms with Crippen LogP contribution in [0.1, 0.15) is 16.3 Å². The number of anilines is 1. The number of amides is 1. The molecular weight excluding hydrogens is 226 g/mol. The molecule has 0 aliphatic carbocycles. The van der Waals surface area contributed by atoms with E-state index in [1.807, 2.05) is 17.8 Å². The van der Waals surface area contributed by atoms with Gasteiger partial charge in [0.05, 0.1) is 6.54 Å². The van der Waals surface area contributed by atoms with Crippen molar-refractivity contribution in [3.63, 3.8) is 0 Å². The molecule has 3 N–H and O–H groups in total. The summed E-state index contributed by atoms with van der Waals surface area (Å²) < 4.78 is 1.84. The van der Waals surface area contributed by atoms with Gasteiger partial charge in [0.2, 0.25) is 0 Å². The molecule has 0 aliphatic rings. The van der Waals surface area contributed by atoms with Crippen LogP contribution in [0.5, 0.6) is 0 Å². The number of nitrogens with two attached hydrogens (primary N) is 1. The van der Waals surface area contributed by atoms with Crippen molar-refractivity contribution in [1.82, 2.24) is 19.9 Å². The fourth-order valence-corrected chi connectivity index (χ4v) is 1.75. The predicted molar refractivity (Wildman–Crippen MR) is 60.9 cm³/mol. The molecule has 2 rings (SSSR count). The molecule has 0 atom stereocenters. The number of nitrogens with zero attached hydrogens (tertiary/aromatic N) is 3. The summed E-state index contributed by atoms with van der Waals surface area (Å²) in [6.07, 6.45) is 3.50. The highest BCUT2D eigenvalue weighted by molar-refractivity contribution is 7.13. The molecule has 0 saturated heterocycles. The molecule has 2 aromatic rings. The molecule has 0 bridgehead atoms. The highest BCUT2D eigenvalue weighted by Crippen LogP contribution is 2.10. The van der Waals surface area contributed by atoms with Gasteiger partial charge in [0.15, 0.2) is 5.13 Å². The lowest BCUT2D eigenvalue weighted by Crippen LogP contribution is -2.24. The van der Waals surface area contributed by atoms with Crippen LogP contribution in [0.2, 0.25) is 0 Å². The second-order valence-corrected chi connectivity index (χ2v) is 4.10. The second kappa shape index (κ2) is 4.31. The number of imidazole rings is 1. The molecule has 7 heteroatoms. The number of rotatable bonds is 3. The van der Waals surface area contributed by atoms with Gasteiger partial charge in [0.1, 0.15) is 11.5 Å². The number of carbonyl (C=O) groups excluding carboxylic acids is 1.